The first-order chi connectivity index (χ1) is 15.0. The fraction of sp³-hybridized carbons (Fsp3) is 0.545. The van der Waals surface area contributed by atoms with Gasteiger partial charge in [-0.15, -0.1) is 0 Å². The fourth-order valence-electron chi connectivity index (χ4n) is 3.42. The normalized spacial score (nSPS) is 17.3. The molecule has 0 bridgehead atoms. The van der Waals surface area contributed by atoms with Gasteiger partial charge in [0.2, 0.25) is 0 Å². The van der Waals surface area contributed by atoms with Crippen LogP contribution in [0.5, 0.6) is 0 Å². The molecule has 3 heterocycles. The van der Waals surface area contributed by atoms with E-state index in [1.165, 1.54) is 0 Å². The minimum absolute atomic E-state index is 0.187. The highest BCUT2D eigenvalue weighted by Crippen LogP contribution is 2.23. The molecule has 31 heavy (non-hydrogen) atoms. The molecule has 1 atom stereocenters. The van der Waals surface area contributed by atoms with E-state index in [0.717, 1.165) is 30.6 Å². The summed E-state index contributed by atoms with van der Waals surface area (Å²) in [5.41, 5.74) is -0.179. The first kappa shape index (κ1) is 23.1. The van der Waals surface area contributed by atoms with Gasteiger partial charge in [0.05, 0.1) is 19.4 Å². The molecule has 3 N–H and O–H groups in total. The minimum atomic E-state index is -1.04. The van der Waals surface area contributed by atoms with Gasteiger partial charge in [-0.05, 0) is 61.2 Å². The van der Waals surface area contributed by atoms with Crippen LogP contribution in [0, 0.1) is 0 Å². The number of thiophene rings is 1. The van der Waals surface area contributed by atoms with Gasteiger partial charge in [-0.2, -0.15) is 11.3 Å². The summed E-state index contributed by atoms with van der Waals surface area (Å²) in [6.45, 7) is 6.15. The SMILES string of the molecule is CCOC(=O)N1CCC(NC(=NCC(C)(O)c2ccsc2)NCCc2ccco2)CC1. The summed E-state index contributed by atoms with van der Waals surface area (Å²) in [6.07, 6.45) is 3.75. The molecule has 1 aliphatic rings. The van der Waals surface area contributed by atoms with Gasteiger partial charge in [0, 0.05) is 32.1 Å². The second kappa shape index (κ2) is 11.2. The number of piperidine rings is 1. The Kier molecular flexibility index (Phi) is 8.36. The average molecular weight is 449 g/mol. The van der Waals surface area contributed by atoms with Crippen molar-refractivity contribution < 1.29 is 19.1 Å². The molecule has 0 saturated carbocycles. The summed E-state index contributed by atoms with van der Waals surface area (Å²) >= 11 is 1.55. The third-order valence-electron chi connectivity index (χ3n) is 5.29. The van der Waals surface area contributed by atoms with Crippen molar-refractivity contribution in [2.45, 2.75) is 44.8 Å². The van der Waals surface area contributed by atoms with Crippen LogP contribution in [0.25, 0.3) is 0 Å². The van der Waals surface area contributed by atoms with Crippen LogP contribution >= 0.6 is 11.3 Å². The Bertz CT molecular complexity index is 813. The number of likely N-dealkylation sites (tertiary alicyclic amines) is 1. The molecule has 1 amide bonds. The molecule has 3 rings (SSSR count). The lowest BCUT2D eigenvalue weighted by molar-refractivity contribution is 0.0676. The number of furan rings is 1. The van der Waals surface area contributed by atoms with Crippen molar-refractivity contribution in [2.75, 3.05) is 32.8 Å². The monoisotopic (exact) mass is 448 g/mol. The second-order valence-electron chi connectivity index (χ2n) is 7.81. The van der Waals surface area contributed by atoms with Crippen molar-refractivity contribution in [3.63, 3.8) is 0 Å². The van der Waals surface area contributed by atoms with Crippen LogP contribution in [-0.4, -0.2) is 60.9 Å². The largest absolute Gasteiger partial charge is 0.469 e. The van der Waals surface area contributed by atoms with Crippen molar-refractivity contribution in [1.82, 2.24) is 15.5 Å². The highest BCUT2D eigenvalue weighted by atomic mass is 32.1. The summed E-state index contributed by atoms with van der Waals surface area (Å²) in [5, 5.41) is 21.5. The van der Waals surface area contributed by atoms with Crippen LogP contribution in [0.4, 0.5) is 4.79 Å². The molecule has 0 radical (unpaired) electrons. The molecule has 1 aliphatic heterocycles. The van der Waals surface area contributed by atoms with Gasteiger partial charge in [-0.3, -0.25) is 0 Å². The van der Waals surface area contributed by atoms with Gasteiger partial charge in [0.15, 0.2) is 5.96 Å². The zero-order chi connectivity index (χ0) is 22.1. The van der Waals surface area contributed by atoms with E-state index >= 15 is 0 Å². The Labute approximate surface area is 187 Å². The van der Waals surface area contributed by atoms with E-state index < -0.39 is 5.60 Å². The topological polar surface area (TPSA) is 99.3 Å². The number of aliphatic imine (C=N–C) groups is 1. The average Bonchev–Trinajstić information content (AvgIpc) is 3.47. The fourth-order valence-corrected chi connectivity index (χ4v) is 4.20. The molecule has 1 saturated heterocycles. The summed E-state index contributed by atoms with van der Waals surface area (Å²) in [5.74, 6) is 1.55. The Hall–Kier alpha value is -2.52. The molecule has 1 unspecified atom stereocenters. The number of rotatable bonds is 8. The number of ether oxygens (including phenoxy) is 1. The van der Waals surface area contributed by atoms with E-state index in [1.807, 2.05) is 35.9 Å². The van der Waals surface area contributed by atoms with Gasteiger partial charge < -0.3 is 29.8 Å². The summed E-state index contributed by atoms with van der Waals surface area (Å²) in [4.78, 5) is 18.3. The van der Waals surface area contributed by atoms with Crippen LogP contribution < -0.4 is 10.6 Å². The number of hydrogen-bond acceptors (Lipinski definition) is 6. The summed E-state index contributed by atoms with van der Waals surface area (Å²) in [6, 6.07) is 5.92. The van der Waals surface area contributed by atoms with E-state index in [1.54, 1.807) is 29.4 Å². The van der Waals surface area contributed by atoms with Gasteiger partial charge in [-0.25, -0.2) is 9.79 Å². The predicted octanol–water partition coefficient (Wildman–Crippen LogP) is 2.95. The van der Waals surface area contributed by atoms with Crippen molar-refractivity contribution in [1.29, 1.82) is 0 Å². The minimum Gasteiger partial charge on any atom is -0.469 e. The van der Waals surface area contributed by atoms with Crippen LogP contribution in [0.2, 0.25) is 0 Å². The van der Waals surface area contributed by atoms with Crippen molar-refractivity contribution in [3.8, 4) is 0 Å². The molecule has 8 nitrogen and oxygen atoms in total. The number of aliphatic hydroxyl groups is 1. The van der Waals surface area contributed by atoms with Crippen LogP contribution in [-0.2, 0) is 16.8 Å². The van der Waals surface area contributed by atoms with Crippen LogP contribution in [0.15, 0.2) is 44.6 Å². The number of amides is 1. The third kappa shape index (κ3) is 7.00. The van der Waals surface area contributed by atoms with Gasteiger partial charge in [-0.1, -0.05) is 0 Å². The Morgan fingerprint density at radius 2 is 2.23 bits per heavy atom. The number of nitrogens with one attached hydrogen (secondary N) is 2. The Balaban J connectivity index is 1.58. The molecule has 0 aliphatic carbocycles. The van der Waals surface area contributed by atoms with E-state index in [-0.39, 0.29) is 18.7 Å². The maximum atomic E-state index is 11.9. The van der Waals surface area contributed by atoms with E-state index in [0.29, 0.717) is 32.2 Å². The maximum absolute atomic E-state index is 11.9. The maximum Gasteiger partial charge on any atom is 0.409 e. The van der Waals surface area contributed by atoms with E-state index in [2.05, 4.69) is 15.6 Å². The molecule has 9 heteroatoms. The number of carbonyl (C=O) groups is 1. The lowest BCUT2D eigenvalue weighted by Gasteiger charge is -2.32. The lowest BCUT2D eigenvalue weighted by Crippen LogP contribution is -2.50. The Morgan fingerprint density at radius 3 is 2.87 bits per heavy atom. The predicted molar refractivity (Wildman–Crippen MR) is 121 cm³/mol. The summed E-state index contributed by atoms with van der Waals surface area (Å²) < 4.78 is 10.5. The van der Waals surface area contributed by atoms with Gasteiger partial charge >= 0.3 is 6.09 Å². The van der Waals surface area contributed by atoms with Crippen LogP contribution in [0.1, 0.15) is 38.0 Å². The first-order valence-corrected chi connectivity index (χ1v) is 11.7. The molecule has 0 spiro atoms. The highest BCUT2D eigenvalue weighted by Gasteiger charge is 2.26. The van der Waals surface area contributed by atoms with Gasteiger partial charge in [0.1, 0.15) is 11.4 Å². The summed E-state index contributed by atoms with van der Waals surface area (Å²) in [7, 11) is 0. The standard InChI is InChI=1S/C22H32N4O4S/c1-3-29-21(27)26-11-7-18(8-12-26)25-20(23-10-6-19-5-4-13-30-19)24-16-22(2,28)17-9-14-31-15-17/h4-5,9,13-15,18,28H,3,6-8,10-12,16H2,1-2H3,(H2,23,24,25). The molecule has 1 fully saturated rings. The zero-order valence-electron chi connectivity index (χ0n) is 18.2. The smallest absolute Gasteiger partial charge is 0.409 e. The van der Waals surface area contributed by atoms with Gasteiger partial charge in [0.25, 0.3) is 0 Å². The molecule has 2 aromatic heterocycles. The molecule has 2 aromatic rings. The van der Waals surface area contributed by atoms with Crippen molar-refractivity contribution >= 4 is 23.4 Å². The lowest BCUT2D eigenvalue weighted by atomic mass is 10.00. The zero-order valence-corrected chi connectivity index (χ0v) is 19.0. The third-order valence-corrected chi connectivity index (χ3v) is 5.98. The van der Waals surface area contributed by atoms with Crippen LogP contribution in [0.3, 0.4) is 0 Å². The van der Waals surface area contributed by atoms with Crippen molar-refractivity contribution in [2.24, 2.45) is 4.99 Å². The number of nitrogens with zero attached hydrogens (tertiary/aromatic N) is 2. The molecular formula is C22H32N4O4S. The molecule has 0 aromatic carbocycles. The van der Waals surface area contributed by atoms with E-state index in [4.69, 9.17) is 9.15 Å². The quantitative estimate of drug-likeness (QED) is 0.424. The highest BCUT2D eigenvalue weighted by molar-refractivity contribution is 7.08. The van der Waals surface area contributed by atoms with E-state index in [9.17, 15) is 9.90 Å². The number of guanidine groups is 1. The molecule has 170 valence electrons. The Morgan fingerprint density at radius 1 is 1.42 bits per heavy atom. The first-order valence-electron chi connectivity index (χ1n) is 10.7. The molecular weight excluding hydrogens is 416 g/mol. The number of hydrogen-bond donors (Lipinski definition) is 3. The van der Waals surface area contributed by atoms with Crippen molar-refractivity contribution in [3.05, 3.63) is 46.5 Å². The second-order valence-corrected chi connectivity index (χ2v) is 8.59. The number of carbonyl (C=O) groups excluding carboxylic acids is 1.